The summed E-state index contributed by atoms with van der Waals surface area (Å²) >= 11 is 0. The minimum Gasteiger partial charge on any atom is -0.544 e. The highest BCUT2D eigenvalue weighted by Gasteiger charge is 2.29. The smallest absolute Gasteiger partial charge is 0.130 e. The van der Waals surface area contributed by atoms with Crippen LogP contribution in [0.2, 0.25) is 0 Å². The van der Waals surface area contributed by atoms with E-state index >= 15 is 0 Å². The number of H-pyrrole nitrogens is 1. The van der Waals surface area contributed by atoms with Gasteiger partial charge in [0, 0.05) is 19.0 Å². The molecular weight excluding hydrogens is 234 g/mol. The van der Waals surface area contributed by atoms with Gasteiger partial charge in [0.2, 0.25) is 0 Å². The van der Waals surface area contributed by atoms with E-state index in [1.165, 1.54) is 0 Å². The van der Waals surface area contributed by atoms with Crippen molar-refractivity contribution in [1.82, 2.24) is 10.2 Å². The first-order valence-corrected chi connectivity index (χ1v) is 6.38. The van der Waals surface area contributed by atoms with E-state index in [0.29, 0.717) is 6.42 Å². The summed E-state index contributed by atoms with van der Waals surface area (Å²) in [5, 5.41) is 29.2. The van der Waals surface area contributed by atoms with Gasteiger partial charge >= 0.3 is 0 Å². The lowest BCUT2D eigenvalue weighted by Crippen LogP contribution is -3.00. The Morgan fingerprint density at radius 2 is 2.39 bits per heavy atom. The van der Waals surface area contributed by atoms with Gasteiger partial charge < -0.3 is 20.3 Å². The molecule has 0 bridgehead atoms. The van der Waals surface area contributed by atoms with Crippen LogP contribution in [0.1, 0.15) is 31.2 Å². The molecule has 100 valence electrons. The third kappa shape index (κ3) is 3.30. The summed E-state index contributed by atoms with van der Waals surface area (Å²) in [6.07, 6.45) is 6.92. The molecule has 0 radical (unpaired) electrons. The van der Waals surface area contributed by atoms with Gasteiger partial charge in [-0.1, -0.05) is 6.42 Å². The molecule has 1 aromatic heterocycles. The van der Waals surface area contributed by atoms with Crippen LogP contribution in [0.5, 0.6) is 0 Å². The number of carboxylic acids is 1. The van der Waals surface area contributed by atoms with Crippen molar-refractivity contribution in [2.45, 2.75) is 50.3 Å². The van der Waals surface area contributed by atoms with E-state index in [1.54, 1.807) is 17.7 Å². The number of aliphatic hydroxyl groups excluding tert-OH is 1. The predicted octanol–water partition coefficient (Wildman–Crippen LogP) is -2.06. The number of nitrogens with two attached hydrogens (primary N) is 1. The molecule has 18 heavy (non-hydrogen) atoms. The molecule has 0 aliphatic heterocycles. The number of nitrogens with one attached hydrogen (secondary N) is 1. The summed E-state index contributed by atoms with van der Waals surface area (Å²) in [6.45, 7) is 0. The summed E-state index contributed by atoms with van der Waals surface area (Å²) < 4.78 is 0. The van der Waals surface area contributed by atoms with E-state index in [-0.39, 0.29) is 6.04 Å². The average molecular weight is 253 g/mol. The van der Waals surface area contributed by atoms with Crippen LogP contribution in [0.4, 0.5) is 0 Å². The molecule has 6 nitrogen and oxygen atoms in total. The molecule has 1 heterocycles. The molecule has 0 saturated heterocycles. The molecule has 2 rings (SSSR count). The molecule has 1 aliphatic carbocycles. The van der Waals surface area contributed by atoms with Crippen molar-refractivity contribution >= 4 is 5.97 Å². The lowest BCUT2D eigenvalue weighted by molar-refractivity contribution is -0.723. The zero-order chi connectivity index (χ0) is 13.0. The minimum atomic E-state index is -1.09. The fourth-order valence-electron chi connectivity index (χ4n) is 2.54. The van der Waals surface area contributed by atoms with Gasteiger partial charge in [0.15, 0.2) is 0 Å². The van der Waals surface area contributed by atoms with Crippen LogP contribution in [0.25, 0.3) is 0 Å². The third-order valence-corrected chi connectivity index (χ3v) is 3.57. The number of carboxylic acid groups (broad SMARTS) is 1. The number of nitrogens with zero attached hydrogens (tertiary/aromatic N) is 1. The third-order valence-electron chi connectivity index (χ3n) is 3.57. The van der Waals surface area contributed by atoms with Crippen LogP contribution in [0.3, 0.4) is 0 Å². The normalized spacial score (nSPS) is 25.8. The molecule has 0 aromatic carbocycles. The number of aromatic nitrogens is 2. The summed E-state index contributed by atoms with van der Waals surface area (Å²) in [5.41, 5.74) is 0.839. The van der Waals surface area contributed by atoms with Crippen molar-refractivity contribution in [3.05, 3.63) is 18.0 Å². The van der Waals surface area contributed by atoms with E-state index < -0.39 is 18.1 Å². The molecule has 1 aromatic rings. The fraction of sp³-hybridized carbons (Fsp3) is 0.667. The monoisotopic (exact) mass is 253 g/mol. The number of carbonyl (C=O) groups is 1. The van der Waals surface area contributed by atoms with Gasteiger partial charge in [-0.2, -0.15) is 5.10 Å². The Labute approximate surface area is 105 Å². The van der Waals surface area contributed by atoms with Crippen molar-refractivity contribution in [1.29, 1.82) is 0 Å². The van der Waals surface area contributed by atoms with Crippen molar-refractivity contribution in [2.75, 3.05) is 0 Å². The molecule has 1 fully saturated rings. The number of carbonyl (C=O) groups excluding carboxylic acids is 1. The first-order chi connectivity index (χ1) is 8.66. The van der Waals surface area contributed by atoms with Gasteiger partial charge in [-0.05, 0) is 18.4 Å². The number of hydrogen-bond acceptors (Lipinski definition) is 4. The molecule has 0 spiro atoms. The predicted molar refractivity (Wildman–Crippen MR) is 61.3 cm³/mol. The maximum atomic E-state index is 11.2. The topological polar surface area (TPSA) is 106 Å². The second-order valence-corrected chi connectivity index (χ2v) is 4.94. The molecule has 1 saturated carbocycles. The van der Waals surface area contributed by atoms with Crippen LogP contribution in [0.15, 0.2) is 12.4 Å². The van der Waals surface area contributed by atoms with Crippen LogP contribution < -0.4 is 10.4 Å². The molecule has 0 amide bonds. The SMILES string of the molecule is O=C([O-])[C@H](Cc1cn[nH]c1)[NH2+][C@H]1CCCC[C@@H]1O. The van der Waals surface area contributed by atoms with Gasteiger partial charge in [0.25, 0.3) is 0 Å². The highest BCUT2D eigenvalue weighted by molar-refractivity contribution is 5.69. The summed E-state index contributed by atoms with van der Waals surface area (Å²) in [5.74, 6) is -1.09. The highest BCUT2D eigenvalue weighted by atomic mass is 16.4. The fourth-order valence-corrected chi connectivity index (χ4v) is 2.54. The Bertz CT molecular complexity index is 380. The number of quaternary nitrogens is 1. The van der Waals surface area contributed by atoms with Crippen LogP contribution in [0, 0.1) is 0 Å². The Balaban J connectivity index is 1.95. The van der Waals surface area contributed by atoms with Gasteiger partial charge in [-0.15, -0.1) is 0 Å². The average Bonchev–Trinajstić information content (AvgIpc) is 2.83. The summed E-state index contributed by atoms with van der Waals surface area (Å²) in [7, 11) is 0. The maximum Gasteiger partial charge on any atom is 0.130 e. The van der Waals surface area contributed by atoms with Gasteiger partial charge in [0.05, 0.1) is 12.2 Å². The van der Waals surface area contributed by atoms with Crippen LogP contribution in [-0.4, -0.2) is 39.5 Å². The van der Waals surface area contributed by atoms with Crippen molar-refractivity contribution in [3.63, 3.8) is 0 Å². The van der Waals surface area contributed by atoms with Crippen molar-refractivity contribution in [3.8, 4) is 0 Å². The number of aromatic amines is 1. The van der Waals surface area contributed by atoms with Gasteiger partial charge in [-0.3, -0.25) is 5.10 Å². The highest BCUT2D eigenvalue weighted by Crippen LogP contribution is 2.16. The zero-order valence-corrected chi connectivity index (χ0v) is 10.2. The maximum absolute atomic E-state index is 11.2. The van der Waals surface area contributed by atoms with E-state index in [0.717, 1.165) is 31.2 Å². The zero-order valence-electron chi connectivity index (χ0n) is 10.2. The first kappa shape index (κ1) is 13.0. The quantitative estimate of drug-likeness (QED) is 0.561. The second kappa shape index (κ2) is 5.97. The van der Waals surface area contributed by atoms with Gasteiger partial charge in [0.1, 0.15) is 18.2 Å². The molecule has 4 N–H and O–H groups in total. The summed E-state index contributed by atoms with van der Waals surface area (Å²) in [6, 6.07) is -0.700. The molecular formula is C12H19N3O3. The molecule has 3 atom stereocenters. The van der Waals surface area contributed by atoms with E-state index in [4.69, 9.17) is 0 Å². The minimum absolute atomic E-state index is 0.0337. The molecule has 1 aliphatic rings. The van der Waals surface area contributed by atoms with Crippen molar-refractivity contribution < 1.29 is 20.3 Å². The van der Waals surface area contributed by atoms with E-state index in [9.17, 15) is 15.0 Å². The Morgan fingerprint density at radius 3 is 3.00 bits per heavy atom. The lowest BCUT2D eigenvalue weighted by atomic mass is 9.91. The second-order valence-electron chi connectivity index (χ2n) is 4.94. The first-order valence-electron chi connectivity index (χ1n) is 6.38. The van der Waals surface area contributed by atoms with Crippen LogP contribution in [-0.2, 0) is 11.2 Å². The van der Waals surface area contributed by atoms with Gasteiger partial charge in [-0.25, -0.2) is 0 Å². The van der Waals surface area contributed by atoms with E-state index in [2.05, 4.69) is 10.2 Å². The Hall–Kier alpha value is -1.40. The number of aliphatic hydroxyl groups is 1. The molecule has 6 heteroatoms. The number of aliphatic carboxylic acids is 1. The van der Waals surface area contributed by atoms with Crippen LogP contribution >= 0.6 is 0 Å². The van der Waals surface area contributed by atoms with Crippen molar-refractivity contribution in [2.24, 2.45) is 0 Å². The Morgan fingerprint density at radius 1 is 1.61 bits per heavy atom. The Kier molecular flexibility index (Phi) is 4.33. The number of rotatable bonds is 5. The largest absolute Gasteiger partial charge is 0.544 e. The lowest BCUT2D eigenvalue weighted by Gasteiger charge is -2.29. The standard InChI is InChI=1S/C12H19N3O3/c16-11-4-2-1-3-9(11)15-10(12(17)18)5-8-6-13-14-7-8/h6-7,9-11,15-16H,1-5H2,(H,13,14)(H,17,18)/t9-,10-,11-/m0/s1. The van der Waals surface area contributed by atoms with E-state index in [1.807, 2.05) is 0 Å². The number of hydrogen-bond donors (Lipinski definition) is 3. The molecule has 0 unspecified atom stereocenters. The summed E-state index contributed by atoms with van der Waals surface area (Å²) in [4.78, 5) is 11.2.